The zero-order valence-electron chi connectivity index (χ0n) is 10.1. The first-order valence-corrected chi connectivity index (χ1v) is 5.78. The first-order valence-electron chi connectivity index (χ1n) is 5.78. The molecule has 1 aromatic carbocycles. The zero-order valence-corrected chi connectivity index (χ0v) is 10.1. The highest BCUT2D eigenvalue weighted by atomic mass is 16.5. The van der Waals surface area contributed by atoms with Gasteiger partial charge in [0, 0.05) is 13.0 Å². The van der Waals surface area contributed by atoms with Crippen LogP contribution in [0.5, 0.6) is 5.75 Å². The van der Waals surface area contributed by atoms with E-state index >= 15 is 0 Å². The Morgan fingerprint density at radius 1 is 1.65 bits per heavy atom. The quantitative estimate of drug-likeness (QED) is 0.827. The summed E-state index contributed by atoms with van der Waals surface area (Å²) in [5.41, 5.74) is 2.43. The topological polar surface area (TPSA) is 58.6 Å². The van der Waals surface area contributed by atoms with Crippen LogP contribution in [0.4, 0.5) is 0 Å². The fourth-order valence-corrected chi connectivity index (χ4v) is 1.96. The molecule has 0 amide bonds. The molecule has 0 saturated heterocycles. The fraction of sp³-hybridized carbons (Fsp3) is 0.462. The summed E-state index contributed by atoms with van der Waals surface area (Å²) in [4.78, 5) is 10.7. The average Bonchev–Trinajstić information content (AvgIpc) is 2.67. The zero-order chi connectivity index (χ0) is 12.4. The van der Waals surface area contributed by atoms with E-state index in [-0.39, 0.29) is 6.10 Å². The Bertz CT molecular complexity index is 431. The van der Waals surface area contributed by atoms with Gasteiger partial charge in [0.2, 0.25) is 0 Å². The molecule has 2 rings (SSSR count). The number of benzene rings is 1. The molecule has 0 spiro atoms. The molecule has 4 heteroatoms. The molecule has 17 heavy (non-hydrogen) atoms. The number of aryl methyl sites for hydroxylation is 1. The van der Waals surface area contributed by atoms with Crippen LogP contribution in [0.25, 0.3) is 0 Å². The van der Waals surface area contributed by atoms with E-state index in [1.165, 1.54) is 11.1 Å². The number of ether oxygens (including phenoxy) is 1. The molecule has 1 aliphatic rings. The molecule has 1 heterocycles. The third kappa shape index (κ3) is 2.77. The van der Waals surface area contributed by atoms with Gasteiger partial charge in [-0.1, -0.05) is 17.7 Å². The highest BCUT2D eigenvalue weighted by molar-refractivity contribution is 5.72. The number of rotatable bonds is 4. The van der Waals surface area contributed by atoms with Crippen molar-refractivity contribution in [3.63, 3.8) is 0 Å². The fourth-order valence-electron chi connectivity index (χ4n) is 1.96. The van der Waals surface area contributed by atoms with Crippen LogP contribution in [0.1, 0.15) is 18.1 Å². The number of fused-ring (bicyclic) bond motifs is 1. The van der Waals surface area contributed by atoms with Crippen LogP contribution >= 0.6 is 0 Å². The summed E-state index contributed by atoms with van der Waals surface area (Å²) in [7, 11) is 0. The summed E-state index contributed by atoms with van der Waals surface area (Å²) in [5.74, 6) is 0.0849. The standard InChI is InChI=1S/C13H17NO3/c1-8-3-4-12-10(5-8)6-11(17-12)7-14-9(2)13(15)16/h3-5,9,11,14H,6-7H2,1-2H3,(H,15,16)/t9-,11?/m1/s1. The molecule has 1 aliphatic heterocycles. The lowest BCUT2D eigenvalue weighted by atomic mass is 10.1. The Hall–Kier alpha value is -1.55. The lowest BCUT2D eigenvalue weighted by molar-refractivity contribution is -0.139. The summed E-state index contributed by atoms with van der Waals surface area (Å²) < 4.78 is 5.74. The van der Waals surface area contributed by atoms with Gasteiger partial charge in [-0.05, 0) is 25.5 Å². The Labute approximate surface area is 101 Å². The van der Waals surface area contributed by atoms with Crippen molar-refractivity contribution in [1.82, 2.24) is 5.32 Å². The van der Waals surface area contributed by atoms with Crippen LogP contribution in [0, 0.1) is 6.92 Å². The van der Waals surface area contributed by atoms with Crippen LogP contribution in [0.15, 0.2) is 18.2 Å². The highest BCUT2D eigenvalue weighted by Gasteiger charge is 2.23. The van der Waals surface area contributed by atoms with Crippen molar-refractivity contribution in [3.05, 3.63) is 29.3 Å². The predicted octanol–water partition coefficient (Wildman–Crippen LogP) is 1.36. The van der Waals surface area contributed by atoms with Gasteiger partial charge in [-0.15, -0.1) is 0 Å². The summed E-state index contributed by atoms with van der Waals surface area (Å²) in [6, 6.07) is 5.58. The van der Waals surface area contributed by atoms with Gasteiger partial charge in [-0.25, -0.2) is 0 Å². The molecule has 0 bridgehead atoms. The van der Waals surface area contributed by atoms with Gasteiger partial charge in [0.1, 0.15) is 17.9 Å². The minimum absolute atomic E-state index is 0.0357. The van der Waals surface area contributed by atoms with E-state index in [1.807, 2.05) is 12.1 Å². The number of carbonyl (C=O) groups is 1. The molecule has 0 saturated carbocycles. The number of hydrogen-bond acceptors (Lipinski definition) is 3. The summed E-state index contributed by atoms with van der Waals surface area (Å²) >= 11 is 0. The van der Waals surface area contributed by atoms with E-state index < -0.39 is 12.0 Å². The first-order chi connectivity index (χ1) is 8.06. The molecular formula is C13H17NO3. The Morgan fingerprint density at radius 2 is 2.41 bits per heavy atom. The summed E-state index contributed by atoms with van der Waals surface area (Å²) in [6.07, 6.45) is 0.879. The molecule has 4 nitrogen and oxygen atoms in total. The van der Waals surface area contributed by atoms with Gasteiger partial charge in [-0.2, -0.15) is 0 Å². The van der Waals surface area contributed by atoms with Crippen molar-refractivity contribution < 1.29 is 14.6 Å². The molecular weight excluding hydrogens is 218 g/mol. The Morgan fingerprint density at radius 3 is 3.12 bits per heavy atom. The van der Waals surface area contributed by atoms with Crippen LogP contribution in [-0.2, 0) is 11.2 Å². The van der Waals surface area contributed by atoms with Crippen LogP contribution in [-0.4, -0.2) is 29.8 Å². The van der Waals surface area contributed by atoms with Crippen LogP contribution in [0.2, 0.25) is 0 Å². The molecule has 0 aromatic heterocycles. The summed E-state index contributed by atoms with van der Waals surface area (Å²) in [6.45, 7) is 4.24. The van der Waals surface area contributed by atoms with Gasteiger partial charge in [0.05, 0.1) is 0 Å². The molecule has 2 N–H and O–H groups in total. The van der Waals surface area contributed by atoms with E-state index in [9.17, 15) is 4.79 Å². The van der Waals surface area contributed by atoms with Gasteiger partial charge >= 0.3 is 5.97 Å². The van der Waals surface area contributed by atoms with Crippen molar-refractivity contribution in [2.75, 3.05) is 6.54 Å². The second-order valence-electron chi connectivity index (χ2n) is 4.52. The normalized spacial score (nSPS) is 19.5. The van der Waals surface area contributed by atoms with Crippen molar-refractivity contribution in [2.45, 2.75) is 32.4 Å². The third-order valence-corrected chi connectivity index (χ3v) is 2.98. The van der Waals surface area contributed by atoms with Gasteiger partial charge in [0.15, 0.2) is 0 Å². The molecule has 92 valence electrons. The molecule has 1 unspecified atom stereocenters. The second kappa shape index (κ2) is 4.75. The van der Waals surface area contributed by atoms with Crippen molar-refractivity contribution in [3.8, 4) is 5.75 Å². The molecule has 0 aliphatic carbocycles. The van der Waals surface area contributed by atoms with E-state index in [4.69, 9.17) is 9.84 Å². The number of nitrogens with one attached hydrogen (secondary N) is 1. The van der Waals surface area contributed by atoms with E-state index in [2.05, 4.69) is 18.3 Å². The maximum atomic E-state index is 10.7. The van der Waals surface area contributed by atoms with Crippen molar-refractivity contribution >= 4 is 5.97 Å². The van der Waals surface area contributed by atoms with E-state index in [0.717, 1.165) is 12.2 Å². The number of carboxylic acids is 1. The Kier molecular flexibility index (Phi) is 3.33. The Balaban J connectivity index is 1.90. The second-order valence-corrected chi connectivity index (χ2v) is 4.52. The van der Waals surface area contributed by atoms with E-state index in [1.54, 1.807) is 6.92 Å². The lowest BCUT2D eigenvalue weighted by Gasteiger charge is -2.14. The average molecular weight is 235 g/mol. The van der Waals surface area contributed by atoms with Crippen molar-refractivity contribution in [2.24, 2.45) is 0 Å². The number of carboxylic acid groups (broad SMARTS) is 1. The molecule has 2 atom stereocenters. The lowest BCUT2D eigenvalue weighted by Crippen LogP contribution is -2.40. The maximum absolute atomic E-state index is 10.7. The maximum Gasteiger partial charge on any atom is 0.320 e. The minimum atomic E-state index is -0.837. The monoisotopic (exact) mass is 235 g/mol. The van der Waals surface area contributed by atoms with Gasteiger partial charge in [0.25, 0.3) is 0 Å². The van der Waals surface area contributed by atoms with Gasteiger partial charge in [-0.3, -0.25) is 4.79 Å². The minimum Gasteiger partial charge on any atom is -0.488 e. The number of hydrogen-bond donors (Lipinski definition) is 2. The molecule has 1 aromatic rings. The molecule has 0 fully saturated rings. The largest absolute Gasteiger partial charge is 0.488 e. The first kappa shape index (κ1) is 11.9. The number of aliphatic carboxylic acids is 1. The van der Waals surface area contributed by atoms with E-state index in [0.29, 0.717) is 6.54 Å². The van der Waals surface area contributed by atoms with Crippen LogP contribution in [0.3, 0.4) is 0 Å². The van der Waals surface area contributed by atoms with Gasteiger partial charge < -0.3 is 15.2 Å². The predicted molar refractivity (Wildman–Crippen MR) is 64.4 cm³/mol. The molecule has 0 radical (unpaired) electrons. The summed E-state index contributed by atoms with van der Waals surface area (Å²) in [5, 5.41) is 11.7. The highest BCUT2D eigenvalue weighted by Crippen LogP contribution is 2.29. The third-order valence-electron chi connectivity index (χ3n) is 2.98. The SMILES string of the molecule is Cc1ccc2c(c1)CC(CN[C@H](C)C(=O)O)O2. The smallest absolute Gasteiger partial charge is 0.320 e. The van der Waals surface area contributed by atoms with Crippen LogP contribution < -0.4 is 10.1 Å². The van der Waals surface area contributed by atoms with Crippen molar-refractivity contribution in [1.29, 1.82) is 0 Å².